The van der Waals surface area contributed by atoms with Gasteiger partial charge in [-0.15, -0.1) is 0 Å². The number of carbonyl (C=O) groups is 2. The van der Waals surface area contributed by atoms with E-state index in [0.717, 1.165) is 10.6 Å². The van der Waals surface area contributed by atoms with Crippen molar-refractivity contribution in [3.05, 3.63) is 89.1 Å². The minimum absolute atomic E-state index is 0.186. The molecule has 1 unspecified atom stereocenters. The summed E-state index contributed by atoms with van der Waals surface area (Å²) in [5.74, 6) is -1.25. The summed E-state index contributed by atoms with van der Waals surface area (Å²) in [6, 6.07) is 14.1. The molecule has 1 aliphatic rings. The quantitative estimate of drug-likeness (QED) is 0.195. The summed E-state index contributed by atoms with van der Waals surface area (Å²) in [6.45, 7) is 2.37. The van der Waals surface area contributed by atoms with Gasteiger partial charge in [0.05, 0.1) is 34.8 Å². The van der Waals surface area contributed by atoms with E-state index < -0.39 is 39.6 Å². The van der Waals surface area contributed by atoms with Gasteiger partial charge in [-0.05, 0) is 80.3 Å². The third-order valence-corrected chi connectivity index (χ3v) is 9.97. The molecule has 1 amide bonds. The highest BCUT2D eigenvalue weighted by Gasteiger charge is 2.34. The van der Waals surface area contributed by atoms with Crippen LogP contribution in [0, 0.1) is 11.6 Å². The topological polar surface area (TPSA) is 114 Å². The Kier molecular flexibility index (Phi) is 8.20. The van der Waals surface area contributed by atoms with Gasteiger partial charge in [0.25, 0.3) is 5.91 Å². The van der Waals surface area contributed by atoms with Crippen LogP contribution in [0.2, 0.25) is 0 Å². The smallest absolute Gasteiger partial charge is 0.255 e. The fraction of sp³-hybridized carbons (Fsp3) is 0.294. The number of rotatable bonds is 8. The molecule has 9 nitrogen and oxygen atoms in total. The van der Waals surface area contributed by atoms with E-state index in [1.54, 1.807) is 34.9 Å². The summed E-state index contributed by atoms with van der Waals surface area (Å²) in [7, 11) is -0.808. The molecule has 2 atom stereocenters. The molecule has 2 N–H and O–H groups in total. The van der Waals surface area contributed by atoms with Crippen LogP contribution >= 0.6 is 0 Å². The molecule has 0 aliphatic carbocycles. The van der Waals surface area contributed by atoms with Crippen LogP contribution in [0.4, 0.5) is 14.5 Å². The number of benzene rings is 3. The van der Waals surface area contributed by atoms with Crippen molar-refractivity contribution in [2.24, 2.45) is 0 Å². The van der Waals surface area contributed by atoms with Crippen molar-refractivity contribution in [3.63, 3.8) is 0 Å². The number of amides is 1. The summed E-state index contributed by atoms with van der Waals surface area (Å²) >= 11 is 0. The molecule has 12 heteroatoms. The van der Waals surface area contributed by atoms with Gasteiger partial charge in [0.2, 0.25) is 10.0 Å². The lowest BCUT2D eigenvalue weighted by molar-refractivity contribution is 0.0902. The zero-order chi connectivity index (χ0) is 32.9. The number of carbonyl (C=O) groups excluding carboxylic acids is 2. The third kappa shape index (κ3) is 5.45. The normalized spacial score (nSPS) is 17.0. The second kappa shape index (κ2) is 12.0. The van der Waals surface area contributed by atoms with Crippen molar-refractivity contribution in [2.45, 2.75) is 44.8 Å². The summed E-state index contributed by atoms with van der Waals surface area (Å²) in [5, 5.41) is 6.90. The van der Waals surface area contributed by atoms with Crippen LogP contribution in [0.1, 0.15) is 58.6 Å². The molecule has 0 bridgehead atoms. The Labute approximate surface area is 265 Å². The first-order valence-corrected chi connectivity index (χ1v) is 16.9. The van der Waals surface area contributed by atoms with Gasteiger partial charge in [-0.3, -0.25) is 13.9 Å². The molecule has 6 rings (SSSR count). The Hall–Kier alpha value is -4.55. The number of furan rings is 1. The zero-order valence-electron chi connectivity index (χ0n) is 25.9. The summed E-state index contributed by atoms with van der Waals surface area (Å²) < 4.78 is 63.1. The second-order valence-corrected chi connectivity index (χ2v) is 13.6. The molecule has 240 valence electrons. The molecular weight excluding hydrogens is 614 g/mol. The van der Waals surface area contributed by atoms with Crippen molar-refractivity contribution < 1.29 is 31.2 Å². The number of hydrogen-bond donors (Lipinski definition) is 2. The van der Waals surface area contributed by atoms with Gasteiger partial charge < -0.3 is 19.6 Å². The standard InChI is InChI=1S/C34H34F2N4O5S/c1-5-40-27-11-6-8-24(36)21(27)17-29(40)32(41)26-10-7-9-25(38-26)22-16-23-30(18-28(22)39(3)46(4,43)44)45-33(31(23)34(42)37-2)19-12-14-20(35)15-13-19/h6,8,11-18,25-26,38H,5,7,9-10H2,1-4H3,(H,37,42)/t25-,26?/m1/s1. The summed E-state index contributed by atoms with van der Waals surface area (Å²) in [4.78, 5) is 27.2. The monoisotopic (exact) mass is 648 g/mol. The van der Waals surface area contributed by atoms with Gasteiger partial charge in [0, 0.05) is 49.1 Å². The maximum absolute atomic E-state index is 14.6. The van der Waals surface area contributed by atoms with Gasteiger partial charge in [0.15, 0.2) is 5.78 Å². The first-order chi connectivity index (χ1) is 21.9. The van der Waals surface area contributed by atoms with Crippen molar-refractivity contribution in [2.75, 3.05) is 24.7 Å². The van der Waals surface area contributed by atoms with Crippen molar-refractivity contribution in [1.29, 1.82) is 0 Å². The SMILES string of the molecule is CCn1c(C(=O)C2CCC[C@H](c3cc4c(C(=O)NC)c(-c5ccc(F)cc5)oc4cc3N(C)S(C)(=O)=O)N2)cc2c(F)cccc21. The highest BCUT2D eigenvalue weighted by Crippen LogP contribution is 2.41. The molecule has 0 spiro atoms. The van der Waals surface area contributed by atoms with E-state index in [2.05, 4.69) is 10.6 Å². The molecule has 1 fully saturated rings. The average Bonchev–Trinajstić information content (AvgIpc) is 3.62. The van der Waals surface area contributed by atoms with E-state index in [9.17, 15) is 26.8 Å². The average molecular weight is 649 g/mol. The first-order valence-electron chi connectivity index (χ1n) is 15.0. The number of hydrogen-bond acceptors (Lipinski definition) is 6. The molecule has 5 aromatic rings. The highest BCUT2D eigenvalue weighted by atomic mass is 32.2. The highest BCUT2D eigenvalue weighted by molar-refractivity contribution is 7.92. The Bertz CT molecular complexity index is 2100. The third-order valence-electron chi connectivity index (χ3n) is 8.78. The van der Waals surface area contributed by atoms with Crippen molar-refractivity contribution in [3.8, 4) is 11.3 Å². The fourth-order valence-corrected chi connectivity index (χ4v) is 6.91. The van der Waals surface area contributed by atoms with Crippen LogP contribution in [0.25, 0.3) is 33.2 Å². The van der Waals surface area contributed by atoms with Crippen molar-refractivity contribution >= 4 is 49.3 Å². The predicted molar refractivity (Wildman–Crippen MR) is 174 cm³/mol. The number of ketones is 1. The summed E-state index contributed by atoms with van der Waals surface area (Å²) in [6.07, 6.45) is 2.87. The van der Waals surface area contributed by atoms with E-state index >= 15 is 0 Å². The minimum atomic E-state index is -3.73. The molecule has 1 saturated heterocycles. The summed E-state index contributed by atoms with van der Waals surface area (Å²) in [5.41, 5.74) is 2.89. The maximum atomic E-state index is 14.6. The van der Waals surface area contributed by atoms with Gasteiger partial charge in [-0.2, -0.15) is 0 Å². The number of Topliss-reactive ketones (excluding diaryl/α,β-unsaturated/α-hetero) is 1. The van der Waals surface area contributed by atoms with E-state index in [0.29, 0.717) is 64.6 Å². The molecule has 1 aliphatic heterocycles. The molecular formula is C34H34F2N4O5S. The van der Waals surface area contributed by atoms with Gasteiger partial charge >= 0.3 is 0 Å². The molecule has 0 saturated carbocycles. The number of aromatic nitrogens is 1. The second-order valence-electron chi connectivity index (χ2n) is 11.5. The Morgan fingerprint density at radius 3 is 2.48 bits per heavy atom. The van der Waals surface area contributed by atoms with Crippen LogP contribution in [0.5, 0.6) is 0 Å². The van der Waals surface area contributed by atoms with Crippen LogP contribution in [0.15, 0.2) is 65.1 Å². The van der Waals surface area contributed by atoms with Crippen molar-refractivity contribution in [1.82, 2.24) is 15.2 Å². The van der Waals surface area contributed by atoms with Crippen LogP contribution < -0.4 is 14.9 Å². The number of halogens is 2. The molecule has 46 heavy (non-hydrogen) atoms. The lowest BCUT2D eigenvalue weighted by Crippen LogP contribution is -2.43. The number of piperidine rings is 1. The Morgan fingerprint density at radius 2 is 1.80 bits per heavy atom. The largest absolute Gasteiger partial charge is 0.455 e. The van der Waals surface area contributed by atoms with E-state index in [-0.39, 0.29) is 22.7 Å². The number of nitrogens with one attached hydrogen (secondary N) is 2. The lowest BCUT2D eigenvalue weighted by atomic mass is 9.89. The first kappa shape index (κ1) is 31.4. The maximum Gasteiger partial charge on any atom is 0.255 e. The van der Waals surface area contributed by atoms with Gasteiger partial charge in [0.1, 0.15) is 23.0 Å². The van der Waals surface area contributed by atoms with Gasteiger partial charge in [-0.1, -0.05) is 6.07 Å². The molecule has 2 aromatic heterocycles. The lowest BCUT2D eigenvalue weighted by Gasteiger charge is -2.33. The van der Waals surface area contributed by atoms with E-state index in [1.807, 2.05) is 6.92 Å². The Morgan fingerprint density at radius 1 is 1.07 bits per heavy atom. The fourth-order valence-electron chi connectivity index (χ4n) is 6.39. The molecule has 3 heterocycles. The van der Waals surface area contributed by atoms with Crippen LogP contribution in [0.3, 0.4) is 0 Å². The molecule has 3 aromatic carbocycles. The number of fused-ring (bicyclic) bond motifs is 2. The Balaban J connectivity index is 1.47. The van der Waals surface area contributed by atoms with E-state index in [4.69, 9.17) is 4.42 Å². The van der Waals surface area contributed by atoms with Crippen LogP contribution in [-0.4, -0.2) is 51.1 Å². The number of nitrogens with zero attached hydrogens (tertiary/aromatic N) is 2. The van der Waals surface area contributed by atoms with Crippen LogP contribution in [-0.2, 0) is 16.6 Å². The number of aryl methyl sites for hydroxylation is 1. The van der Waals surface area contributed by atoms with Gasteiger partial charge in [-0.25, -0.2) is 17.2 Å². The number of sulfonamides is 1. The number of anilines is 1. The zero-order valence-corrected chi connectivity index (χ0v) is 26.7. The minimum Gasteiger partial charge on any atom is -0.455 e. The molecule has 0 radical (unpaired) electrons. The predicted octanol–water partition coefficient (Wildman–Crippen LogP) is 6.17. The van der Waals surface area contributed by atoms with E-state index in [1.165, 1.54) is 44.4 Å².